The van der Waals surface area contributed by atoms with E-state index in [4.69, 9.17) is 21.1 Å². The van der Waals surface area contributed by atoms with Crippen LogP contribution < -0.4 is 9.47 Å². The first-order valence-electron chi connectivity index (χ1n) is 4.68. The highest BCUT2D eigenvalue weighted by Crippen LogP contribution is 2.26. The summed E-state index contributed by atoms with van der Waals surface area (Å²) in [6.45, 7) is 0.533. The summed E-state index contributed by atoms with van der Waals surface area (Å²) in [5.41, 5.74) is 0.364. The van der Waals surface area contributed by atoms with Gasteiger partial charge >= 0.3 is 0 Å². The lowest BCUT2D eigenvalue weighted by Crippen LogP contribution is -2.04. The number of thioether (sulfide) groups is 1. The quantitative estimate of drug-likeness (QED) is 0.582. The maximum Gasteiger partial charge on any atom is 0.256 e. The molecule has 3 nitrogen and oxygen atoms in total. The minimum Gasteiger partial charge on any atom is -0.497 e. The van der Waals surface area contributed by atoms with Crippen molar-refractivity contribution in [1.29, 1.82) is 0 Å². The summed E-state index contributed by atoms with van der Waals surface area (Å²) in [4.78, 5) is 11.1. The monoisotopic (exact) mass is 260 g/mol. The van der Waals surface area contributed by atoms with Gasteiger partial charge in [-0.3, -0.25) is 4.79 Å². The van der Waals surface area contributed by atoms with Crippen LogP contribution in [0.5, 0.6) is 11.5 Å². The fourth-order valence-corrected chi connectivity index (χ4v) is 1.55. The second-order valence-electron chi connectivity index (χ2n) is 2.98. The van der Waals surface area contributed by atoms with Crippen molar-refractivity contribution in [1.82, 2.24) is 0 Å². The summed E-state index contributed by atoms with van der Waals surface area (Å²) in [5.74, 6) is 1.96. The molecule has 0 N–H and O–H groups in total. The summed E-state index contributed by atoms with van der Waals surface area (Å²) >= 11 is 7.12. The van der Waals surface area contributed by atoms with Gasteiger partial charge in [-0.2, -0.15) is 11.8 Å². The van der Waals surface area contributed by atoms with Gasteiger partial charge in [-0.15, -0.1) is 0 Å². The number of rotatable bonds is 6. The van der Waals surface area contributed by atoms with Crippen molar-refractivity contribution in [3.63, 3.8) is 0 Å². The van der Waals surface area contributed by atoms with Gasteiger partial charge in [0.05, 0.1) is 19.3 Å². The van der Waals surface area contributed by atoms with Crippen LogP contribution in [0.4, 0.5) is 0 Å². The molecule has 0 amide bonds. The Morgan fingerprint density at radius 1 is 1.50 bits per heavy atom. The fourth-order valence-electron chi connectivity index (χ4n) is 1.15. The number of ether oxygens (including phenoxy) is 2. The number of halogens is 1. The van der Waals surface area contributed by atoms with Crippen LogP contribution in [0.15, 0.2) is 18.2 Å². The zero-order valence-electron chi connectivity index (χ0n) is 9.16. The van der Waals surface area contributed by atoms with Crippen molar-refractivity contribution in [2.45, 2.75) is 0 Å². The van der Waals surface area contributed by atoms with Gasteiger partial charge in [0.2, 0.25) is 0 Å². The molecule has 0 aliphatic carbocycles. The standard InChI is InChI=1S/C11H13ClO3S/c1-14-8-3-4-9(11(12)13)10(7-8)15-5-6-16-2/h3-4,7H,5-6H2,1-2H3. The number of carbonyl (C=O) groups is 1. The highest BCUT2D eigenvalue weighted by Gasteiger charge is 2.11. The predicted octanol–water partition coefficient (Wildman–Crippen LogP) is 2.82. The summed E-state index contributed by atoms with van der Waals surface area (Å²) in [6.07, 6.45) is 1.99. The Balaban J connectivity index is 2.87. The van der Waals surface area contributed by atoms with Crippen molar-refractivity contribution >= 4 is 28.6 Å². The minimum absolute atomic E-state index is 0.364. The third-order valence-electron chi connectivity index (χ3n) is 1.95. The number of carbonyl (C=O) groups excluding carboxylic acids is 1. The van der Waals surface area contributed by atoms with E-state index >= 15 is 0 Å². The van der Waals surface area contributed by atoms with Crippen LogP contribution >= 0.6 is 23.4 Å². The zero-order valence-corrected chi connectivity index (χ0v) is 10.7. The molecule has 0 aromatic heterocycles. The van der Waals surface area contributed by atoms with Gasteiger partial charge in [0.25, 0.3) is 5.24 Å². The summed E-state index contributed by atoms with van der Waals surface area (Å²) in [5, 5.41) is -0.526. The van der Waals surface area contributed by atoms with E-state index < -0.39 is 5.24 Å². The molecular weight excluding hydrogens is 248 g/mol. The van der Waals surface area contributed by atoms with Crippen molar-refractivity contribution < 1.29 is 14.3 Å². The highest BCUT2D eigenvalue weighted by molar-refractivity contribution is 7.98. The van der Waals surface area contributed by atoms with E-state index in [1.165, 1.54) is 0 Å². The number of methoxy groups -OCH3 is 1. The highest BCUT2D eigenvalue weighted by atomic mass is 35.5. The van der Waals surface area contributed by atoms with Gasteiger partial charge in [0, 0.05) is 11.8 Å². The molecule has 0 saturated carbocycles. The van der Waals surface area contributed by atoms with E-state index in [2.05, 4.69) is 0 Å². The zero-order chi connectivity index (χ0) is 12.0. The molecule has 1 aromatic rings. The molecule has 0 aliphatic rings. The largest absolute Gasteiger partial charge is 0.497 e. The molecule has 1 rings (SSSR count). The minimum atomic E-state index is -0.526. The first-order valence-corrected chi connectivity index (χ1v) is 6.46. The molecule has 0 atom stereocenters. The van der Waals surface area contributed by atoms with Crippen LogP contribution in [0.1, 0.15) is 10.4 Å². The van der Waals surface area contributed by atoms with E-state index in [0.717, 1.165) is 5.75 Å². The second kappa shape index (κ2) is 6.66. The Morgan fingerprint density at radius 3 is 2.81 bits per heavy atom. The molecular formula is C11H13ClO3S. The lowest BCUT2D eigenvalue weighted by molar-refractivity contribution is 0.107. The SMILES string of the molecule is COc1ccc(C(=O)Cl)c(OCCSC)c1. The van der Waals surface area contributed by atoms with E-state index in [1.54, 1.807) is 37.1 Å². The Labute approximate surface area is 104 Å². The molecule has 0 bridgehead atoms. The normalized spacial score (nSPS) is 9.94. The Kier molecular flexibility index (Phi) is 5.49. The summed E-state index contributed by atoms with van der Waals surface area (Å²) in [6, 6.07) is 4.94. The van der Waals surface area contributed by atoms with Crippen LogP contribution in [0, 0.1) is 0 Å². The van der Waals surface area contributed by atoms with Crippen molar-refractivity contribution in [3.05, 3.63) is 23.8 Å². The van der Waals surface area contributed by atoms with Gasteiger partial charge in [-0.25, -0.2) is 0 Å². The van der Waals surface area contributed by atoms with Gasteiger partial charge in [-0.05, 0) is 30.0 Å². The third kappa shape index (κ3) is 3.61. The van der Waals surface area contributed by atoms with E-state index in [-0.39, 0.29) is 0 Å². The van der Waals surface area contributed by atoms with E-state index in [0.29, 0.717) is 23.7 Å². The molecule has 1 aromatic carbocycles. The average molecular weight is 261 g/mol. The predicted molar refractivity (Wildman–Crippen MR) is 67.1 cm³/mol. The van der Waals surface area contributed by atoms with Crippen LogP contribution in [-0.4, -0.2) is 31.0 Å². The lowest BCUT2D eigenvalue weighted by atomic mass is 10.2. The van der Waals surface area contributed by atoms with E-state index in [1.807, 2.05) is 6.26 Å². The molecule has 0 fully saturated rings. The van der Waals surface area contributed by atoms with Gasteiger partial charge in [0.1, 0.15) is 11.5 Å². The van der Waals surface area contributed by atoms with Crippen LogP contribution in [0.2, 0.25) is 0 Å². The van der Waals surface area contributed by atoms with Gasteiger partial charge in [0.15, 0.2) is 0 Å². The van der Waals surface area contributed by atoms with E-state index in [9.17, 15) is 4.79 Å². The topological polar surface area (TPSA) is 35.5 Å². The smallest absolute Gasteiger partial charge is 0.256 e. The summed E-state index contributed by atoms with van der Waals surface area (Å²) < 4.78 is 10.5. The molecule has 88 valence electrons. The Hall–Kier alpha value is -0.870. The lowest BCUT2D eigenvalue weighted by Gasteiger charge is -2.10. The molecule has 0 saturated heterocycles. The molecule has 0 heterocycles. The van der Waals surface area contributed by atoms with Crippen LogP contribution in [0.25, 0.3) is 0 Å². The first-order chi connectivity index (χ1) is 7.69. The first kappa shape index (κ1) is 13.2. The third-order valence-corrected chi connectivity index (χ3v) is 2.72. The number of hydrogen-bond acceptors (Lipinski definition) is 4. The molecule has 0 spiro atoms. The number of benzene rings is 1. The molecule has 0 unspecified atom stereocenters. The maximum atomic E-state index is 11.1. The second-order valence-corrected chi connectivity index (χ2v) is 4.31. The van der Waals surface area contributed by atoms with Gasteiger partial charge in [-0.1, -0.05) is 0 Å². The van der Waals surface area contributed by atoms with Crippen molar-refractivity contribution in [2.24, 2.45) is 0 Å². The van der Waals surface area contributed by atoms with Crippen LogP contribution in [0.3, 0.4) is 0 Å². The molecule has 5 heteroatoms. The number of hydrogen-bond donors (Lipinski definition) is 0. The molecule has 0 radical (unpaired) electrons. The fraction of sp³-hybridized carbons (Fsp3) is 0.364. The van der Waals surface area contributed by atoms with Crippen LogP contribution in [-0.2, 0) is 0 Å². The van der Waals surface area contributed by atoms with Gasteiger partial charge < -0.3 is 9.47 Å². The summed E-state index contributed by atoms with van der Waals surface area (Å²) in [7, 11) is 1.56. The average Bonchev–Trinajstić information content (AvgIpc) is 2.29. The van der Waals surface area contributed by atoms with Crippen molar-refractivity contribution in [3.8, 4) is 11.5 Å². The Bertz CT molecular complexity index is 368. The molecule has 16 heavy (non-hydrogen) atoms. The molecule has 0 aliphatic heterocycles. The van der Waals surface area contributed by atoms with Crippen molar-refractivity contribution in [2.75, 3.05) is 25.7 Å². The Morgan fingerprint density at radius 2 is 2.25 bits per heavy atom. The maximum absolute atomic E-state index is 11.1.